The molecule has 1 N–H and O–H groups in total. The standard InChI is InChI=1S/C21H27NO2/c1-21(2,3)18-10-7-11-19(16-18)24-15-14-22-20(23)13-12-17-8-5-4-6-9-17/h4-11,16H,12-15H2,1-3H3,(H,22,23). The predicted molar refractivity (Wildman–Crippen MR) is 98.4 cm³/mol. The molecule has 2 rings (SSSR count). The molecule has 0 aliphatic rings. The van der Waals surface area contributed by atoms with Gasteiger partial charge in [-0.3, -0.25) is 4.79 Å². The first-order valence-electron chi connectivity index (χ1n) is 8.49. The van der Waals surface area contributed by atoms with Crippen LogP contribution < -0.4 is 10.1 Å². The third-order valence-electron chi connectivity index (χ3n) is 3.88. The fourth-order valence-corrected chi connectivity index (χ4v) is 2.40. The smallest absolute Gasteiger partial charge is 0.220 e. The van der Waals surface area contributed by atoms with Gasteiger partial charge >= 0.3 is 0 Å². The summed E-state index contributed by atoms with van der Waals surface area (Å²) in [5, 5.41) is 2.90. The summed E-state index contributed by atoms with van der Waals surface area (Å²) in [6, 6.07) is 18.2. The Morgan fingerprint density at radius 3 is 2.50 bits per heavy atom. The van der Waals surface area contributed by atoms with Crippen LogP contribution >= 0.6 is 0 Å². The predicted octanol–water partition coefficient (Wildman–Crippen LogP) is 4.11. The number of amides is 1. The zero-order valence-electron chi connectivity index (χ0n) is 14.8. The van der Waals surface area contributed by atoms with Crippen LogP contribution in [-0.2, 0) is 16.6 Å². The van der Waals surface area contributed by atoms with Crippen molar-refractivity contribution in [1.29, 1.82) is 0 Å². The van der Waals surface area contributed by atoms with Gasteiger partial charge in [-0.15, -0.1) is 0 Å². The van der Waals surface area contributed by atoms with Crippen molar-refractivity contribution in [3.05, 3.63) is 65.7 Å². The average molecular weight is 325 g/mol. The van der Waals surface area contributed by atoms with Crippen LogP contribution in [0.2, 0.25) is 0 Å². The molecule has 128 valence electrons. The largest absolute Gasteiger partial charge is 0.492 e. The van der Waals surface area contributed by atoms with Gasteiger partial charge < -0.3 is 10.1 Å². The Morgan fingerprint density at radius 1 is 1.04 bits per heavy atom. The van der Waals surface area contributed by atoms with Crippen molar-refractivity contribution >= 4 is 5.91 Å². The van der Waals surface area contributed by atoms with Gasteiger partial charge in [-0.2, -0.15) is 0 Å². The van der Waals surface area contributed by atoms with E-state index in [9.17, 15) is 4.79 Å². The maximum Gasteiger partial charge on any atom is 0.220 e. The molecular formula is C21H27NO2. The SMILES string of the molecule is CC(C)(C)c1cccc(OCCNC(=O)CCc2ccccc2)c1. The van der Waals surface area contributed by atoms with Crippen LogP contribution in [0.25, 0.3) is 0 Å². The van der Waals surface area contributed by atoms with Crippen molar-refractivity contribution < 1.29 is 9.53 Å². The second-order valence-electron chi connectivity index (χ2n) is 6.96. The van der Waals surface area contributed by atoms with Gasteiger partial charge in [0.2, 0.25) is 5.91 Å². The van der Waals surface area contributed by atoms with Crippen molar-refractivity contribution in [1.82, 2.24) is 5.32 Å². The molecule has 0 atom stereocenters. The molecule has 0 unspecified atom stereocenters. The number of hydrogen-bond acceptors (Lipinski definition) is 2. The van der Waals surface area contributed by atoms with Crippen molar-refractivity contribution in [2.24, 2.45) is 0 Å². The van der Waals surface area contributed by atoms with E-state index in [1.165, 1.54) is 11.1 Å². The average Bonchev–Trinajstić information content (AvgIpc) is 2.57. The Labute approximate surface area is 145 Å². The molecule has 0 aliphatic carbocycles. The van der Waals surface area contributed by atoms with Crippen molar-refractivity contribution in [2.75, 3.05) is 13.2 Å². The van der Waals surface area contributed by atoms with E-state index < -0.39 is 0 Å². The van der Waals surface area contributed by atoms with Gasteiger partial charge in [0.1, 0.15) is 12.4 Å². The van der Waals surface area contributed by atoms with E-state index in [1.54, 1.807) is 0 Å². The number of hydrogen-bond donors (Lipinski definition) is 1. The summed E-state index contributed by atoms with van der Waals surface area (Å²) in [7, 11) is 0. The van der Waals surface area contributed by atoms with Crippen molar-refractivity contribution in [2.45, 2.75) is 39.0 Å². The maximum atomic E-state index is 11.8. The summed E-state index contributed by atoms with van der Waals surface area (Å²) in [5.41, 5.74) is 2.53. The lowest BCUT2D eigenvalue weighted by molar-refractivity contribution is -0.121. The van der Waals surface area contributed by atoms with E-state index in [0.29, 0.717) is 19.6 Å². The first-order chi connectivity index (χ1) is 11.4. The molecule has 3 nitrogen and oxygen atoms in total. The van der Waals surface area contributed by atoms with Crippen LogP contribution in [0.1, 0.15) is 38.3 Å². The number of carbonyl (C=O) groups excluding carboxylic acids is 1. The van der Waals surface area contributed by atoms with Crippen molar-refractivity contribution in [3.63, 3.8) is 0 Å². The van der Waals surface area contributed by atoms with Gasteiger partial charge in [0.15, 0.2) is 0 Å². The molecule has 0 saturated heterocycles. The van der Waals surface area contributed by atoms with Gasteiger partial charge in [0.25, 0.3) is 0 Å². The van der Waals surface area contributed by atoms with E-state index in [1.807, 2.05) is 42.5 Å². The van der Waals surface area contributed by atoms with E-state index >= 15 is 0 Å². The molecule has 3 heteroatoms. The lowest BCUT2D eigenvalue weighted by atomic mass is 9.87. The lowest BCUT2D eigenvalue weighted by Gasteiger charge is -2.19. The summed E-state index contributed by atoms with van der Waals surface area (Å²) in [6.07, 6.45) is 1.27. The Balaban J connectivity index is 1.68. The van der Waals surface area contributed by atoms with E-state index in [0.717, 1.165) is 12.2 Å². The Bertz CT molecular complexity index is 644. The normalized spacial score (nSPS) is 11.1. The second-order valence-corrected chi connectivity index (χ2v) is 6.96. The molecule has 2 aromatic rings. The topological polar surface area (TPSA) is 38.3 Å². The summed E-state index contributed by atoms with van der Waals surface area (Å²) in [6.45, 7) is 7.54. The highest BCUT2D eigenvalue weighted by Gasteiger charge is 2.13. The molecule has 1 amide bonds. The number of carbonyl (C=O) groups is 1. The third-order valence-corrected chi connectivity index (χ3v) is 3.88. The maximum absolute atomic E-state index is 11.8. The molecule has 2 aromatic carbocycles. The molecule has 0 radical (unpaired) electrons. The van der Waals surface area contributed by atoms with Gasteiger partial charge in [-0.05, 0) is 35.1 Å². The first kappa shape index (κ1) is 18.1. The zero-order valence-corrected chi connectivity index (χ0v) is 14.8. The molecule has 24 heavy (non-hydrogen) atoms. The van der Waals surface area contributed by atoms with Crippen molar-refractivity contribution in [3.8, 4) is 5.75 Å². The van der Waals surface area contributed by atoms with Crippen LogP contribution in [0.15, 0.2) is 54.6 Å². The molecule has 0 bridgehead atoms. The van der Waals surface area contributed by atoms with E-state index in [-0.39, 0.29) is 11.3 Å². The van der Waals surface area contributed by atoms with Gasteiger partial charge in [0.05, 0.1) is 6.54 Å². The Kier molecular flexibility index (Phi) is 6.42. The zero-order chi connectivity index (χ0) is 17.4. The highest BCUT2D eigenvalue weighted by Crippen LogP contribution is 2.25. The monoisotopic (exact) mass is 325 g/mol. The van der Waals surface area contributed by atoms with E-state index in [2.05, 4.69) is 38.2 Å². The number of rotatable bonds is 7. The molecular weight excluding hydrogens is 298 g/mol. The molecule has 0 aliphatic heterocycles. The lowest BCUT2D eigenvalue weighted by Crippen LogP contribution is -2.28. The number of nitrogens with one attached hydrogen (secondary N) is 1. The quantitative estimate of drug-likeness (QED) is 0.778. The molecule has 0 spiro atoms. The number of aryl methyl sites for hydroxylation is 1. The van der Waals surface area contributed by atoms with Crippen LogP contribution in [0.4, 0.5) is 0 Å². The Morgan fingerprint density at radius 2 is 1.79 bits per heavy atom. The van der Waals surface area contributed by atoms with Crippen LogP contribution in [-0.4, -0.2) is 19.1 Å². The Hall–Kier alpha value is -2.29. The summed E-state index contributed by atoms with van der Waals surface area (Å²) >= 11 is 0. The molecule has 0 aromatic heterocycles. The van der Waals surface area contributed by atoms with E-state index in [4.69, 9.17) is 4.74 Å². The fourth-order valence-electron chi connectivity index (χ4n) is 2.40. The number of ether oxygens (including phenoxy) is 1. The minimum Gasteiger partial charge on any atom is -0.492 e. The van der Waals surface area contributed by atoms with Crippen LogP contribution in [0.3, 0.4) is 0 Å². The van der Waals surface area contributed by atoms with Gasteiger partial charge in [-0.1, -0.05) is 63.2 Å². The summed E-state index contributed by atoms with van der Waals surface area (Å²) in [5.74, 6) is 0.909. The van der Waals surface area contributed by atoms with Gasteiger partial charge in [-0.25, -0.2) is 0 Å². The third kappa shape index (κ3) is 6.07. The summed E-state index contributed by atoms with van der Waals surface area (Å²) in [4.78, 5) is 11.8. The minimum absolute atomic E-state index is 0.0610. The summed E-state index contributed by atoms with van der Waals surface area (Å²) < 4.78 is 5.74. The first-order valence-corrected chi connectivity index (χ1v) is 8.49. The minimum atomic E-state index is 0.0610. The van der Waals surface area contributed by atoms with Crippen LogP contribution in [0.5, 0.6) is 5.75 Å². The highest BCUT2D eigenvalue weighted by molar-refractivity contribution is 5.76. The molecule has 0 heterocycles. The molecule has 0 saturated carbocycles. The number of benzene rings is 2. The highest BCUT2D eigenvalue weighted by atomic mass is 16.5. The molecule has 0 fully saturated rings. The second kappa shape index (κ2) is 8.53. The van der Waals surface area contributed by atoms with Crippen LogP contribution in [0, 0.1) is 0 Å². The van der Waals surface area contributed by atoms with Gasteiger partial charge in [0, 0.05) is 6.42 Å². The fraction of sp³-hybridized carbons (Fsp3) is 0.381.